The summed E-state index contributed by atoms with van der Waals surface area (Å²) in [5.74, 6) is 0.0323. The van der Waals surface area contributed by atoms with Crippen LogP contribution in [0.1, 0.15) is 43.0 Å². The Hall–Kier alpha value is -2.09. The molecule has 0 bridgehead atoms. The molecule has 0 saturated carbocycles. The molecule has 0 heterocycles. The fourth-order valence-electron chi connectivity index (χ4n) is 2.51. The second-order valence-electron chi connectivity index (χ2n) is 7.49. The number of aryl methyl sites for hydroxylation is 3. The van der Waals surface area contributed by atoms with E-state index in [1.807, 2.05) is 33.8 Å². The molecule has 0 aromatic heterocycles. The summed E-state index contributed by atoms with van der Waals surface area (Å²) in [7, 11) is 0. The average molecular weight is 309 g/mol. The van der Waals surface area contributed by atoms with Gasteiger partial charge in [0.25, 0.3) is 0 Å². The normalized spacial score (nSPS) is 11.4. The number of nitrogens with one attached hydrogen (secondary N) is 1. The van der Waals surface area contributed by atoms with Crippen LogP contribution in [0.4, 0.5) is 5.69 Å². The maximum absolute atomic E-state index is 12.4. The third-order valence-corrected chi connectivity index (χ3v) is 4.34. The summed E-state index contributed by atoms with van der Waals surface area (Å²) in [6.45, 7) is 14.2. The van der Waals surface area contributed by atoms with Crippen LogP contribution in [0.3, 0.4) is 0 Å². The largest absolute Gasteiger partial charge is 0.325 e. The number of benzene rings is 2. The van der Waals surface area contributed by atoms with E-state index in [4.69, 9.17) is 0 Å². The molecule has 0 atom stereocenters. The Kier molecular flexibility index (Phi) is 4.65. The first-order valence-electron chi connectivity index (χ1n) is 8.10. The van der Waals surface area contributed by atoms with Gasteiger partial charge in [0.15, 0.2) is 0 Å². The van der Waals surface area contributed by atoms with Crippen molar-refractivity contribution in [3.8, 4) is 11.1 Å². The number of anilines is 1. The van der Waals surface area contributed by atoms with Crippen molar-refractivity contribution in [1.29, 1.82) is 0 Å². The molecular formula is C21H27NO. The van der Waals surface area contributed by atoms with Crippen molar-refractivity contribution in [2.45, 2.75) is 48.5 Å². The van der Waals surface area contributed by atoms with Crippen molar-refractivity contribution in [3.63, 3.8) is 0 Å². The number of amides is 1. The van der Waals surface area contributed by atoms with E-state index in [1.165, 1.54) is 16.7 Å². The second kappa shape index (κ2) is 6.19. The van der Waals surface area contributed by atoms with Crippen LogP contribution in [0.2, 0.25) is 0 Å². The topological polar surface area (TPSA) is 29.1 Å². The Morgan fingerprint density at radius 2 is 1.48 bits per heavy atom. The standard InChI is InChI=1S/C21H27NO/c1-13-8-9-18(17-11-14(2)16(4)15(3)12-17)19(10-13)22-20(23)21(5,6)7/h8-12H,1-7H3,(H,22,23). The lowest BCUT2D eigenvalue weighted by Crippen LogP contribution is -2.27. The minimum Gasteiger partial charge on any atom is -0.325 e. The molecule has 1 N–H and O–H groups in total. The monoisotopic (exact) mass is 309 g/mol. The van der Waals surface area contributed by atoms with Gasteiger partial charge in [-0.15, -0.1) is 0 Å². The SMILES string of the molecule is Cc1ccc(-c2cc(C)c(C)c(C)c2)c(NC(=O)C(C)(C)C)c1. The van der Waals surface area contributed by atoms with Crippen LogP contribution >= 0.6 is 0 Å². The zero-order valence-corrected chi connectivity index (χ0v) is 15.3. The van der Waals surface area contributed by atoms with Gasteiger partial charge in [-0.3, -0.25) is 4.79 Å². The highest BCUT2D eigenvalue weighted by Gasteiger charge is 2.22. The number of hydrogen-bond acceptors (Lipinski definition) is 1. The van der Waals surface area contributed by atoms with Gasteiger partial charge in [-0.05, 0) is 61.6 Å². The number of rotatable bonds is 2. The molecular weight excluding hydrogens is 282 g/mol. The molecule has 2 heteroatoms. The summed E-state index contributed by atoms with van der Waals surface area (Å²) in [5, 5.41) is 3.10. The Balaban J connectivity index is 2.54. The summed E-state index contributed by atoms with van der Waals surface area (Å²) >= 11 is 0. The fourth-order valence-corrected chi connectivity index (χ4v) is 2.51. The molecule has 2 rings (SSSR count). The maximum Gasteiger partial charge on any atom is 0.229 e. The first-order chi connectivity index (χ1) is 10.6. The highest BCUT2D eigenvalue weighted by molar-refractivity contribution is 5.98. The average Bonchev–Trinajstić information content (AvgIpc) is 2.43. The summed E-state index contributed by atoms with van der Waals surface area (Å²) in [6, 6.07) is 10.6. The Bertz CT molecular complexity index is 728. The van der Waals surface area contributed by atoms with E-state index in [0.29, 0.717) is 0 Å². The molecule has 0 spiro atoms. The summed E-state index contributed by atoms with van der Waals surface area (Å²) in [4.78, 5) is 12.4. The van der Waals surface area contributed by atoms with Crippen LogP contribution in [-0.2, 0) is 4.79 Å². The Morgan fingerprint density at radius 3 is 2.00 bits per heavy atom. The molecule has 0 fully saturated rings. The van der Waals surface area contributed by atoms with Crippen LogP contribution in [0.25, 0.3) is 11.1 Å². The number of carbonyl (C=O) groups is 1. The van der Waals surface area contributed by atoms with Gasteiger partial charge in [0.1, 0.15) is 0 Å². The van der Waals surface area contributed by atoms with Crippen LogP contribution in [0.15, 0.2) is 30.3 Å². The van der Waals surface area contributed by atoms with Gasteiger partial charge < -0.3 is 5.32 Å². The van der Waals surface area contributed by atoms with E-state index in [0.717, 1.165) is 22.4 Å². The first kappa shape index (κ1) is 17.3. The summed E-state index contributed by atoms with van der Waals surface area (Å²) < 4.78 is 0. The molecule has 2 nitrogen and oxygen atoms in total. The molecule has 0 aliphatic heterocycles. The minimum atomic E-state index is -0.417. The summed E-state index contributed by atoms with van der Waals surface area (Å²) in [6.07, 6.45) is 0. The van der Waals surface area contributed by atoms with Crippen LogP contribution in [-0.4, -0.2) is 5.91 Å². The fraction of sp³-hybridized carbons (Fsp3) is 0.381. The van der Waals surface area contributed by atoms with Crippen molar-refractivity contribution in [3.05, 3.63) is 52.6 Å². The zero-order chi connectivity index (χ0) is 17.4. The van der Waals surface area contributed by atoms with E-state index in [-0.39, 0.29) is 5.91 Å². The van der Waals surface area contributed by atoms with Crippen molar-refractivity contribution in [1.82, 2.24) is 0 Å². The molecule has 0 aliphatic carbocycles. The van der Waals surface area contributed by atoms with Gasteiger partial charge >= 0.3 is 0 Å². The number of hydrogen-bond donors (Lipinski definition) is 1. The van der Waals surface area contributed by atoms with Gasteiger partial charge in [-0.25, -0.2) is 0 Å². The molecule has 1 amide bonds. The molecule has 0 radical (unpaired) electrons. The van der Waals surface area contributed by atoms with Gasteiger partial charge in [0, 0.05) is 16.7 Å². The predicted octanol–water partition coefficient (Wildman–Crippen LogP) is 5.57. The second-order valence-corrected chi connectivity index (χ2v) is 7.49. The lowest BCUT2D eigenvalue weighted by atomic mass is 9.93. The van der Waals surface area contributed by atoms with Gasteiger partial charge in [-0.1, -0.05) is 45.0 Å². The van der Waals surface area contributed by atoms with Crippen LogP contribution in [0, 0.1) is 33.1 Å². The Labute approximate surface area is 139 Å². The van der Waals surface area contributed by atoms with Crippen molar-refractivity contribution >= 4 is 11.6 Å². The highest BCUT2D eigenvalue weighted by atomic mass is 16.2. The van der Waals surface area contributed by atoms with E-state index in [1.54, 1.807) is 0 Å². The Morgan fingerprint density at radius 1 is 0.913 bits per heavy atom. The molecule has 2 aromatic carbocycles. The molecule has 23 heavy (non-hydrogen) atoms. The van der Waals surface area contributed by atoms with Gasteiger partial charge in [0.05, 0.1) is 0 Å². The molecule has 122 valence electrons. The lowest BCUT2D eigenvalue weighted by Gasteiger charge is -2.20. The molecule has 0 aliphatic rings. The van der Waals surface area contributed by atoms with Crippen LogP contribution in [0.5, 0.6) is 0 Å². The smallest absolute Gasteiger partial charge is 0.229 e. The first-order valence-corrected chi connectivity index (χ1v) is 8.10. The highest BCUT2D eigenvalue weighted by Crippen LogP contribution is 2.32. The zero-order valence-electron chi connectivity index (χ0n) is 15.3. The van der Waals surface area contributed by atoms with E-state index in [2.05, 4.69) is 50.4 Å². The van der Waals surface area contributed by atoms with E-state index in [9.17, 15) is 4.79 Å². The predicted molar refractivity (Wildman–Crippen MR) is 98.9 cm³/mol. The lowest BCUT2D eigenvalue weighted by molar-refractivity contribution is -0.123. The molecule has 2 aromatic rings. The molecule has 0 saturated heterocycles. The molecule has 0 unspecified atom stereocenters. The third kappa shape index (κ3) is 3.82. The van der Waals surface area contributed by atoms with E-state index < -0.39 is 5.41 Å². The van der Waals surface area contributed by atoms with Crippen molar-refractivity contribution < 1.29 is 4.79 Å². The van der Waals surface area contributed by atoms with Crippen molar-refractivity contribution in [2.24, 2.45) is 5.41 Å². The summed E-state index contributed by atoms with van der Waals surface area (Å²) in [5.41, 5.74) is 7.68. The van der Waals surface area contributed by atoms with Gasteiger partial charge in [0.2, 0.25) is 5.91 Å². The maximum atomic E-state index is 12.4. The third-order valence-electron chi connectivity index (χ3n) is 4.34. The number of carbonyl (C=O) groups excluding carboxylic acids is 1. The minimum absolute atomic E-state index is 0.0323. The van der Waals surface area contributed by atoms with Crippen LogP contribution < -0.4 is 5.32 Å². The van der Waals surface area contributed by atoms with Gasteiger partial charge in [-0.2, -0.15) is 0 Å². The van der Waals surface area contributed by atoms with E-state index >= 15 is 0 Å². The quantitative estimate of drug-likeness (QED) is 0.771. The van der Waals surface area contributed by atoms with Crippen molar-refractivity contribution in [2.75, 3.05) is 5.32 Å².